The topological polar surface area (TPSA) is 75.3 Å². The maximum atomic E-state index is 9.14. The van der Waals surface area contributed by atoms with Gasteiger partial charge in [-0.2, -0.15) is 4.98 Å². The van der Waals surface area contributed by atoms with Crippen molar-refractivity contribution in [2.75, 3.05) is 23.8 Å². The van der Waals surface area contributed by atoms with Crippen LogP contribution < -0.4 is 10.6 Å². The minimum absolute atomic E-state index is 0.0757. The van der Waals surface area contributed by atoms with Gasteiger partial charge in [0.25, 0.3) is 0 Å². The summed E-state index contributed by atoms with van der Waals surface area (Å²) in [5.74, 6) is 0.996. The molecule has 0 bridgehead atoms. The lowest BCUT2D eigenvalue weighted by atomic mass is 10.1. The van der Waals surface area contributed by atoms with E-state index in [1.165, 1.54) is 0 Å². The Balaban J connectivity index is 3.03. The minimum atomic E-state index is 0.0757. The number of nitrogen functional groups attached to an aromatic ring is 1. The maximum absolute atomic E-state index is 9.14. The quantitative estimate of drug-likeness (QED) is 0.784. The van der Waals surface area contributed by atoms with Crippen molar-refractivity contribution in [3.05, 3.63) is 10.7 Å². The Hall–Kier alpha value is -0.880. The number of hydrogen-bond donors (Lipinski definition) is 2. The number of aromatic nitrogens is 2. The van der Waals surface area contributed by atoms with Crippen molar-refractivity contribution in [1.29, 1.82) is 0 Å². The van der Waals surface area contributed by atoms with Crippen LogP contribution in [0.25, 0.3) is 0 Å². The molecule has 0 fully saturated rings. The van der Waals surface area contributed by atoms with Crippen LogP contribution in [0.2, 0.25) is 0 Å². The van der Waals surface area contributed by atoms with E-state index < -0.39 is 0 Å². The molecule has 0 aliphatic carbocycles. The molecule has 0 aromatic carbocycles. The molecule has 0 unspecified atom stereocenters. The maximum Gasteiger partial charge on any atom is 0.228 e. The van der Waals surface area contributed by atoms with Crippen molar-refractivity contribution in [1.82, 2.24) is 9.97 Å². The fraction of sp³-hybridized carbons (Fsp3) is 0.636. The standard InChI is InChI=1S/C11H19BrN4O/c1-3-8(4-2)16(5-6-17)11-14-9(12)7-10(13)15-11/h7-8,17H,3-6H2,1-2H3,(H2,13,14,15). The fourth-order valence-corrected chi connectivity index (χ4v) is 2.23. The van der Waals surface area contributed by atoms with Crippen LogP contribution in [-0.2, 0) is 0 Å². The Labute approximate surface area is 110 Å². The summed E-state index contributed by atoms with van der Waals surface area (Å²) in [5.41, 5.74) is 5.71. The van der Waals surface area contributed by atoms with E-state index in [0.717, 1.165) is 12.8 Å². The number of nitrogens with two attached hydrogens (primary N) is 1. The molecule has 96 valence electrons. The Morgan fingerprint density at radius 3 is 2.53 bits per heavy atom. The predicted molar refractivity (Wildman–Crippen MR) is 72.9 cm³/mol. The average Bonchev–Trinajstić information content (AvgIpc) is 2.28. The molecule has 0 saturated heterocycles. The van der Waals surface area contributed by atoms with E-state index in [1.807, 2.05) is 4.90 Å². The molecule has 1 rings (SSSR count). The first-order chi connectivity index (χ1) is 8.12. The van der Waals surface area contributed by atoms with Crippen LogP contribution in [-0.4, -0.2) is 34.3 Å². The molecule has 1 aromatic rings. The second-order valence-electron chi connectivity index (χ2n) is 3.80. The van der Waals surface area contributed by atoms with E-state index >= 15 is 0 Å². The van der Waals surface area contributed by atoms with E-state index in [1.54, 1.807) is 6.07 Å². The molecule has 0 radical (unpaired) electrons. The normalized spacial score (nSPS) is 10.9. The van der Waals surface area contributed by atoms with Gasteiger partial charge in [-0.05, 0) is 28.8 Å². The zero-order chi connectivity index (χ0) is 12.8. The van der Waals surface area contributed by atoms with E-state index in [-0.39, 0.29) is 6.61 Å². The molecule has 5 nitrogen and oxygen atoms in total. The SMILES string of the molecule is CCC(CC)N(CCO)c1nc(N)cc(Br)n1. The molecule has 1 aromatic heterocycles. The summed E-state index contributed by atoms with van der Waals surface area (Å²) in [4.78, 5) is 10.5. The zero-order valence-electron chi connectivity index (χ0n) is 10.2. The molecule has 0 aliphatic heterocycles. The Morgan fingerprint density at radius 1 is 1.41 bits per heavy atom. The lowest BCUT2D eigenvalue weighted by Crippen LogP contribution is -2.38. The Kier molecular flexibility index (Phi) is 5.64. The highest BCUT2D eigenvalue weighted by Crippen LogP contribution is 2.20. The number of hydrogen-bond acceptors (Lipinski definition) is 5. The van der Waals surface area contributed by atoms with Gasteiger partial charge in [0.15, 0.2) is 0 Å². The number of rotatable bonds is 6. The second-order valence-corrected chi connectivity index (χ2v) is 4.62. The third-order valence-electron chi connectivity index (χ3n) is 2.68. The zero-order valence-corrected chi connectivity index (χ0v) is 11.8. The molecule has 0 saturated carbocycles. The van der Waals surface area contributed by atoms with Crippen LogP contribution in [0.5, 0.6) is 0 Å². The van der Waals surface area contributed by atoms with Crippen molar-refractivity contribution in [3.8, 4) is 0 Å². The number of aliphatic hydroxyl groups excluding tert-OH is 1. The van der Waals surface area contributed by atoms with Gasteiger partial charge in [-0.3, -0.25) is 0 Å². The van der Waals surface area contributed by atoms with Crippen LogP contribution in [0, 0.1) is 0 Å². The van der Waals surface area contributed by atoms with Gasteiger partial charge in [0.2, 0.25) is 5.95 Å². The van der Waals surface area contributed by atoms with Crippen LogP contribution in [0.15, 0.2) is 10.7 Å². The van der Waals surface area contributed by atoms with Crippen LogP contribution >= 0.6 is 15.9 Å². The lowest BCUT2D eigenvalue weighted by molar-refractivity contribution is 0.295. The van der Waals surface area contributed by atoms with Gasteiger partial charge in [0.05, 0.1) is 6.61 Å². The molecular weight excluding hydrogens is 284 g/mol. The number of nitrogens with zero attached hydrogens (tertiary/aromatic N) is 3. The van der Waals surface area contributed by atoms with Crippen molar-refractivity contribution >= 4 is 27.7 Å². The highest BCUT2D eigenvalue weighted by molar-refractivity contribution is 9.10. The highest BCUT2D eigenvalue weighted by atomic mass is 79.9. The fourth-order valence-electron chi connectivity index (χ4n) is 1.83. The molecule has 3 N–H and O–H groups in total. The van der Waals surface area contributed by atoms with Crippen molar-refractivity contribution in [2.45, 2.75) is 32.7 Å². The first kappa shape index (κ1) is 14.2. The summed E-state index contributed by atoms with van der Waals surface area (Å²) in [7, 11) is 0. The summed E-state index contributed by atoms with van der Waals surface area (Å²) in [6.07, 6.45) is 1.96. The van der Waals surface area contributed by atoms with Gasteiger partial charge < -0.3 is 15.7 Å². The third kappa shape index (κ3) is 3.81. The van der Waals surface area contributed by atoms with Crippen LogP contribution in [0.4, 0.5) is 11.8 Å². The Morgan fingerprint density at radius 2 is 2.06 bits per heavy atom. The van der Waals surface area contributed by atoms with Gasteiger partial charge in [-0.15, -0.1) is 0 Å². The van der Waals surface area contributed by atoms with E-state index in [2.05, 4.69) is 39.7 Å². The first-order valence-electron chi connectivity index (χ1n) is 5.79. The first-order valence-corrected chi connectivity index (χ1v) is 6.59. The van der Waals surface area contributed by atoms with Crippen LogP contribution in [0.3, 0.4) is 0 Å². The molecule has 1 heterocycles. The highest BCUT2D eigenvalue weighted by Gasteiger charge is 2.18. The van der Waals surface area contributed by atoms with Gasteiger partial charge >= 0.3 is 0 Å². The van der Waals surface area contributed by atoms with Crippen molar-refractivity contribution < 1.29 is 5.11 Å². The summed E-state index contributed by atoms with van der Waals surface area (Å²) in [6, 6.07) is 1.98. The number of aliphatic hydroxyl groups is 1. The lowest BCUT2D eigenvalue weighted by Gasteiger charge is -2.30. The monoisotopic (exact) mass is 302 g/mol. The average molecular weight is 303 g/mol. The Bertz CT molecular complexity index is 337. The number of halogens is 1. The summed E-state index contributed by atoms with van der Waals surface area (Å²) in [6.45, 7) is 4.81. The molecule has 17 heavy (non-hydrogen) atoms. The van der Waals surface area contributed by atoms with Gasteiger partial charge in [0.1, 0.15) is 10.4 Å². The summed E-state index contributed by atoms with van der Waals surface area (Å²) >= 11 is 3.31. The van der Waals surface area contributed by atoms with E-state index in [4.69, 9.17) is 10.8 Å². The van der Waals surface area contributed by atoms with Gasteiger partial charge in [-0.25, -0.2) is 4.98 Å². The smallest absolute Gasteiger partial charge is 0.228 e. The number of anilines is 2. The predicted octanol–water partition coefficient (Wildman–Crippen LogP) is 1.81. The van der Waals surface area contributed by atoms with Crippen molar-refractivity contribution in [3.63, 3.8) is 0 Å². The van der Waals surface area contributed by atoms with Crippen LogP contribution in [0.1, 0.15) is 26.7 Å². The molecule has 0 amide bonds. The van der Waals surface area contributed by atoms with Gasteiger partial charge in [0, 0.05) is 18.7 Å². The molecule has 0 aliphatic rings. The largest absolute Gasteiger partial charge is 0.395 e. The molecule has 0 spiro atoms. The second kappa shape index (κ2) is 6.76. The molecule has 0 atom stereocenters. The third-order valence-corrected chi connectivity index (χ3v) is 3.09. The summed E-state index contributed by atoms with van der Waals surface area (Å²) in [5, 5.41) is 9.14. The molecule has 6 heteroatoms. The van der Waals surface area contributed by atoms with Gasteiger partial charge in [-0.1, -0.05) is 13.8 Å². The minimum Gasteiger partial charge on any atom is -0.395 e. The summed E-state index contributed by atoms with van der Waals surface area (Å²) < 4.78 is 0.661. The van der Waals surface area contributed by atoms with Crippen molar-refractivity contribution in [2.24, 2.45) is 0 Å². The molecular formula is C11H19BrN4O. The van der Waals surface area contributed by atoms with E-state index in [0.29, 0.717) is 29.0 Å². The van der Waals surface area contributed by atoms with E-state index in [9.17, 15) is 0 Å².